The summed E-state index contributed by atoms with van der Waals surface area (Å²) in [5.74, 6) is 0.327. The molecule has 3 N–H and O–H groups in total. The van der Waals surface area contributed by atoms with Gasteiger partial charge in [0.05, 0.1) is 32.1 Å². The smallest absolute Gasteiger partial charge is 0.172 e. The van der Waals surface area contributed by atoms with E-state index in [1.54, 1.807) is 0 Å². The highest BCUT2D eigenvalue weighted by Crippen LogP contribution is 2.40. The average molecular weight is 448 g/mol. The zero-order chi connectivity index (χ0) is 22.3. The molecular weight excluding hydrogens is 418 g/mol. The number of hydrogen-bond donors (Lipinski definition) is 2. The first-order chi connectivity index (χ1) is 16.2. The molecule has 2 aliphatic heterocycles. The Morgan fingerprint density at radius 1 is 1.06 bits per heavy atom. The van der Waals surface area contributed by atoms with E-state index in [4.69, 9.17) is 24.7 Å². The molecule has 0 amide bonds. The molecule has 4 heterocycles. The van der Waals surface area contributed by atoms with E-state index in [0.717, 1.165) is 78.9 Å². The number of rotatable bonds is 4. The lowest BCUT2D eigenvalue weighted by molar-refractivity contribution is -0.159. The monoisotopic (exact) mass is 447 g/mol. The summed E-state index contributed by atoms with van der Waals surface area (Å²) in [6, 6.07) is 10.3. The fraction of sp³-hybridized carbons (Fsp3) is 0.423. The fourth-order valence-electron chi connectivity index (χ4n) is 5.06. The molecule has 1 aliphatic carbocycles. The van der Waals surface area contributed by atoms with Gasteiger partial charge in [-0.25, -0.2) is 4.98 Å². The van der Waals surface area contributed by atoms with Crippen LogP contribution in [-0.2, 0) is 14.2 Å². The molecule has 172 valence electrons. The van der Waals surface area contributed by atoms with Crippen LogP contribution in [0.1, 0.15) is 37.8 Å². The van der Waals surface area contributed by atoms with Crippen molar-refractivity contribution < 1.29 is 18.9 Å². The summed E-state index contributed by atoms with van der Waals surface area (Å²) in [5, 5.41) is 1.08. The van der Waals surface area contributed by atoms with Crippen molar-refractivity contribution in [1.82, 2.24) is 9.97 Å². The first-order valence-electron chi connectivity index (χ1n) is 11.8. The van der Waals surface area contributed by atoms with Crippen molar-refractivity contribution in [3.8, 4) is 16.9 Å². The maximum atomic E-state index is 6.39. The lowest BCUT2D eigenvalue weighted by Gasteiger charge is -2.30. The number of hydrogen-bond acceptors (Lipinski definition) is 6. The number of nitrogens with zero attached hydrogens (tertiary/aromatic N) is 1. The predicted octanol–water partition coefficient (Wildman–Crippen LogP) is 4.68. The molecule has 2 fully saturated rings. The van der Waals surface area contributed by atoms with Crippen LogP contribution < -0.4 is 10.5 Å². The van der Waals surface area contributed by atoms with E-state index in [9.17, 15) is 0 Å². The Hall–Kier alpha value is -2.87. The second-order valence-corrected chi connectivity index (χ2v) is 9.03. The summed E-state index contributed by atoms with van der Waals surface area (Å²) in [6.45, 7) is 2.85. The molecule has 0 atom stereocenters. The van der Waals surface area contributed by atoms with E-state index < -0.39 is 5.79 Å². The summed E-state index contributed by atoms with van der Waals surface area (Å²) in [5.41, 5.74) is 12.4. The number of aromatic amines is 1. The van der Waals surface area contributed by atoms with E-state index in [0.29, 0.717) is 18.9 Å². The van der Waals surface area contributed by atoms with Gasteiger partial charge in [-0.3, -0.25) is 0 Å². The Kier molecular flexibility index (Phi) is 5.32. The van der Waals surface area contributed by atoms with Gasteiger partial charge in [0, 0.05) is 43.0 Å². The molecule has 2 saturated heterocycles. The lowest BCUT2D eigenvalue weighted by Crippen LogP contribution is -2.31. The van der Waals surface area contributed by atoms with Crippen molar-refractivity contribution >= 4 is 22.3 Å². The van der Waals surface area contributed by atoms with Crippen LogP contribution in [0.2, 0.25) is 0 Å². The minimum Gasteiger partial charge on any atom is -0.488 e. The Labute approximate surface area is 192 Å². The first kappa shape index (κ1) is 20.7. The van der Waals surface area contributed by atoms with Gasteiger partial charge in [-0.1, -0.05) is 12.1 Å². The van der Waals surface area contributed by atoms with Gasteiger partial charge in [0.15, 0.2) is 5.79 Å². The highest BCUT2D eigenvalue weighted by Gasteiger charge is 2.37. The molecule has 7 heteroatoms. The van der Waals surface area contributed by atoms with Crippen LogP contribution in [0.25, 0.3) is 27.7 Å². The summed E-state index contributed by atoms with van der Waals surface area (Å²) >= 11 is 0. The van der Waals surface area contributed by atoms with Crippen molar-refractivity contribution in [2.24, 2.45) is 0 Å². The molecule has 33 heavy (non-hydrogen) atoms. The van der Waals surface area contributed by atoms with Crippen LogP contribution in [0.15, 0.2) is 42.6 Å². The second-order valence-electron chi connectivity index (χ2n) is 9.03. The quantitative estimate of drug-likeness (QED) is 0.564. The second kappa shape index (κ2) is 8.48. The van der Waals surface area contributed by atoms with Crippen LogP contribution >= 0.6 is 0 Å². The number of fused-ring (bicyclic) bond motifs is 1. The third-order valence-electron chi connectivity index (χ3n) is 6.91. The SMILES string of the molecule is Nc1cc(-c2ccnc3[nH]c(C4=CCC5(CC4)OCCO5)cc23)ccc1OC1CCOCC1. The summed E-state index contributed by atoms with van der Waals surface area (Å²) in [6.07, 6.45) is 8.59. The van der Waals surface area contributed by atoms with Gasteiger partial charge in [0.2, 0.25) is 0 Å². The van der Waals surface area contributed by atoms with E-state index in [-0.39, 0.29) is 6.10 Å². The highest BCUT2D eigenvalue weighted by molar-refractivity contribution is 5.96. The summed E-state index contributed by atoms with van der Waals surface area (Å²) in [4.78, 5) is 8.08. The van der Waals surface area contributed by atoms with Crippen molar-refractivity contribution in [3.05, 3.63) is 48.3 Å². The molecule has 1 spiro atoms. The Morgan fingerprint density at radius 3 is 2.67 bits per heavy atom. The third kappa shape index (κ3) is 4.01. The van der Waals surface area contributed by atoms with E-state index >= 15 is 0 Å². The molecule has 6 rings (SSSR count). The number of aromatic nitrogens is 2. The number of pyridine rings is 1. The molecule has 2 aromatic heterocycles. The van der Waals surface area contributed by atoms with Gasteiger partial charge >= 0.3 is 0 Å². The maximum absolute atomic E-state index is 6.39. The summed E-state index contributed by atoms with van der Waals surface area (Å²) in [7, 11) is 0. The molecular formula is C26H29N3O4. The van der Waals surface area contributed by atoms with Crippen LogP contribution in [0.3, 0.4) is 0 Å². The van der Waals surface area contributed by atoms with Gasteiger partial charge in [0.25, 0.3) is 0 Å². The highest BCUT2D eigenvalue weighted by atomic mass is 16.7. The maximum Gasteiger partial charge on any atom is 0.172 e. The minimum absolute atomic E-state index is 0.162. The number of allylic oxidation sites excluding steroid dienone is 1. The lowest BCUT2D eigenvalue weighted by atomic mass is 9.92. The van der Waals surface area contributed by atoms with Gasteiger partial charge < -0.3 is 29.7 Å². The molecule has 0 unspecified atom stereocenters. The summed E-state index contributed by atoms with van der Waals surface area (Å²) < 4.78 is 23.3. The number of H-pyrrole nitrogens is 1. The van der Waals surface area contributed by atoms with Gasteiger partial charge in [-0.05, 0) is 47.4 Å². The standard InChI is InChI=1S/C26H29N3O4/c27-22-15-18(1-2-24(22)33-19-6-11-30-12-7-19)20-5-10-28-25-21(20)16-23(29-25)17-3-8-26(9-4-17)31-13-14-32-26/h1-3,5,10,15-16,19H,4,6-9,11-14,27H2,(H,28,29). The molecule has 0 saturated carbocycles. The number of anilines is 1. The fourth-order valence-corrected chi connectivity index (χ4v) is 5.06. The van der Waals surface area contributed by atoms with Gasteiger partial charge in [-0.15, -0.1) is 0 Å². The van der Waals surface area contributed by atoms with Crippen LogP contribution in [0.5, 0.6) is 5.75 Å². The van der Waals surface area contributed by atoms with Gasteiger partial charge in [0.1, 0.15) is 17.5 Å². The van der Waals surface area contributed by atoms with E-state index in [1.807, 2.05) is 24.4 Å². The van der Waals surface area contributed by atoms with E-state index in [1.165, 1.54) is 5.57 Å². The number of nitrogen functional groups attached to an aromatic ring is 1. The zero-order valence-electron chi connectivity index (χ0n) is 18.6. The first-order valence-corrected chi connectivity index (χ1v) is 11.8. The van der Waals surface area contributed by atoms with Crippen LogP contribution in [0.4, 0.5) is 5.69 Å². The predicted molar refractivity (Wildman–Crippen MR) is 127 cm³/mol. The topological polar surface area (TPSA) is 91.6 Å². The number of benzene rings is 1. The molecule has 3 aliphatic rings. The third-order valence-corrected chi connectivity index (χ3v) is 6.91. The normalized spacial score (nSPS) is 20.9. The molecule has 0 radical (unpaired) electrons. The number of nitrogens with one attached hydrogen (secondary N) is 1. The average Bonchev–Trinajstić information content (AvgIpc) is 3.49. The zero-order valence-corrected chi connectivity index (χ0v) is 18.6. The Balaban J connectivity index is 1.27. The van der Waals surface area contributed by atoms with Gasteiger partial charge in [-0.2, -0.15) is 0 Å². The van der Waals surface area contributed by atoms with E-state index in [2.05, 4.69) is 28.2 Å². The van der Waals surface area contributed by atoms with Crippen molar-refractivity contribution in [2.45, 2.75) is 44.0 Å². The molecule has 1 aromatic carbocycles. The van der Waals surface area contributed by atoms with Crippen molar-refractivity contribution in [3.63, 3.8) is 0 Å². The number of nitrogens with two attached hydrogens (primary N) is 1. The largest absolute Gasteiger partial charge is 0.488 e. The van der Waals surface area contributed by atoms with Crippen molar-refractivity contribution in [1.29, 1.82) is 0 Å². The molecule has 3 aromatic rings. The Morgan fingerprint density at radius 2 is 1.91 bits per heavy atom. The number of ether oxygens (including phenoxy) is 4. The Bertz CT molecular complexity index is 1190. The molecule has 0 bridgehead atoms. The van der Waals surface area contributed by atoms with Crippen molar-refractivity contribution in [2.75, 3.05) is 32.2 Å². The molecule has 7 nitrogen and oxygen atoms in total. The van der Waals surface area contributed by atoms with Crippen LogP contribution in [-0.4, -0.2) is 48.3 Å². The van der Waals surface area contributed by atoms with Crippen LogP contribution in [0, 0.1) is 0 Å². The minimum atomic E-state index is -0.412.